The van der Waals surface area contributed by atoms with Crippen LogP contribution in [0.15, 0.2) is 58.3 Å². The molecule has 2 aromatic rings. The second-order valence-corrected chi connectivity index (χ2v) is 5.76. The van der Waals surface area contributed by atoms with Crippen molar-refractivity contribution in [3.8, 4) is 0 Å². The van der Waals surface area contributed by atoms with E-state index in [-0.39, 0.29) is 9.79 Å². The van der Waals surface area contributed by atoms with Crippen LogP contribution in [-0.2, 0) is 9.84 Å². The lowest BCUT2D eigenvalue weighted by Gasteiger charge is -2.12. The van der Waals surface area contributed by atoms with Gasteiger partial charge >= 0.3 is 0 Å². The van der Waals surface area contributed by atoms with E-state index in [1.165, 1.54) is 24.3 Å². The molecule has 0 saturated heterocycles. The molecule has 1 aliphatic rings. The summed E-state index contributed by atoms with van der Waals surface area (Å²) in [5, 5.41) is 0. The van der Waals surface area contributed by atoms with Crippen molar-refractivity contribution in [2.45, 2.75) is 9.79 Å². The van der Waals surface area contributed by atoms with Gasteiger partial charge < -0.3 is 5.53 Å². The molecule has 2 aromatic carbocycles. The molecule has 17 heavy (non-hydrogen) atoms. The molecule has 84 valence electrons. The fraction of sp³-hybridized carbons (Fsp3) is 0. The van der Waals surface area contributed by atoms with Crippen LogP contribution in [0, 0.1) is 0 Å². The maximum absolute atomic E-state index is 12.2. The lowest BCUT2D eigenvalue weighted by Crippen LogP contribution is -2.07. The maximum atomic E-state index is 12.2. The van der Waals surface area contributed by atoms with Crippen molar-refractivity contribution < 1.29 is 8.42 Å². The fourth-order valence-electron chi connectivity index (χ4n) is 1.85. The Morgan fingerprint density at radius 2 is 1.35 bits per heavy atom. The summed E-state index contributed by atoms with van der Waals surface area (Å²) in [7, 11) is -3.48. The average molecular weight is 244 g/mol. The van der Waals surface area contributed by atoms with Gasteiger partial charge in [-0.05, 0) is 12.1 Å². The van der Waals surface area contributed by atoms with Crippen molar-refractivity contribution in [2.24, 2.45) is 0 Å². The third-order valence-electron chi connectivity index (χ3n) is 2.74. The molecule has 1 aliphatic heterocycles. The first-order valence-electron chi connectivity index (χ1n) is 5.03. The van der Waals surface area contributed by atoms with Gasteiger partial charge in [0.2, 0.25) is 21.2 Å². The van der Waals surface area contributed by atoms with Gasteiger partial charge in [0, 0.05) is 24.3 Å². The Kier molecular flexibility index (Phi) is 1.94. The summed E-state index contributed by atoms with van der Waals surface area (Å²) in [5.74, 6) is 0. The molecule has 0 unspecified atom stereocenters. The lowest BCUT2D eigenvalue weighted by molar-refractivity contribution is 0.595. The Bertz CT molecular complexity index is 680. The molecule has 0 N–H and O–H groups in total. The highest BCUT2D eigenvalue weighted by Gasteiger charge is 2.24. The third-order valence-corrected chi connectivity index (χ3v) is 4.49. The van der Waals surface area contributed by atoms with Crippen molar-refractivity contribution in [3.63, 3.8) is 0 Å². The van der Waals surface area contributed by atoms with Crippen LogP contribution in [0.5, 0.6) is 0 Å². The molecule has 0 amide bonds. The Labute approximate surface area is 98.6 Å². The quantitative estimate of drug-likeness (QED) is 0.571. The molecule has 0 spiro atoms. The zero-order chi connectivity index (χ0) is 12.0. The van der Waals surface area contributed by atoms with Crippen LogP contribution >= 0.6 is 0 Å². The van der Waals surface area contributed by atoms with Crippen molar-refractivity contribution in [2.75, 3.05) is 0 Å². The first-order chi connectivity index (χ1) is 8.09. The minimum absolute atomic E-state index is 0.186. The van der Waals surface area contributed by atoms with Crippen molar-refractivity contribution >= 4 is 21.2 Å². The molecular formula is C12H8N2O2S. The standard InChI is InChI=1S/C12H8N2O2S/c13-14-9-3-1-5-11(7-9)17(15,16)12-6-2-4-10(14)8-12/h1-8H. The summed E-state index contributed by atoms with van der Waals surface area (Å²) in [5.41, 5.74) is 10.8. The number of hydrogen-bond donors (Lipinski definition) is 0. The monoisotopic (exact) mass is 244 g/mol. The van der Waals surface area contributed by atoms with Gasteiger partial charge in [-0.3, -0.25) is 0 Å². The van der Waals surface area contributed by atoms with Crippen LogP contribution in [0.1, 0.15) is 0 Å². The van der Waals surface area contributed by atoms with Crippen LogP contribution in [0.3, 0.4) is 0 Å². The van der Waals surface area contributed by atoms with Crippen molar-refractivity contribution in [3.05, 3.63) is 54.1 Å². The van der Waals surface area contributed by atoms with Gasteiger partial charge in [0.15, 0.2) is 0 Å². The molecule has 1 heterocycles. The number of rotatable bonds is 0. The molecular weight excluding hydrogens is 236 g/mol. The van der Waals surface area contributed by atoms with Gasteiger partial charge in [0.05, 0.1) is 9.79 Å². The minimum Gasteiger partial charge on any atom is -0.493 e. The smallest absolute Gasteiger partial charge is 0.207 e. The van der Waals surface area contributed by atoms with Gasteiger partial charge in [0.1, 0.15) is 0 Å². The van der Waals surface area contributed by atoms with Gasteiger partial charge in [-0.25, -0.2) is 13.1 Å². The average Bonchev–Trinajstić information content (AvgIpc) is 2.37. The van der Waals surface area contributed by atoms with Gasteiger partial charge in [-0.2, -0.15) is 0 Å². The molecule has 0 aliphatic carbocycles. The molecule has 0 saturated carbocycles. The predicted molar refractivity (Wildman–Crippen MR) is 63.1 cm³/mol. The Morgan fingerprint density at radius 3 is 1.82 bits per heavy atom. The Balaban J connectivity index is 2.46. The highest BCUT2D eigenvalue weighted by atomic mass is 32.2. The van der Waals surface area contributed by atoms with Gasteiger partial charge in [0.25, 0.3) is 0 Å². The van der Waals surface area contributed by atoms with Crippen LogP contribution in [0.4, 0.5) is 11.4 Å². The minimum atomic E-state index is -3.48. The molecule has 0 radical (unpaired) electrons. The number of nitrogens with zero attached hydrogens (tertiary/aromatic N) is 2. The molecule has 3 rings (SSSR count). The first-order valence-corrected chi connectivity index (χ1v) is 6.51. The summed E-state index contributed by atoms with van der Waals surface area (Å²) in [6.45, 7) is 0. The predicted octanol–water partition coefficient (Wildman–Crippen LogP) is 2.69. The van der Waals surface area contributed by atoms with E-state index < -0.39 is 9.84 Å². The van der Waals surface area contributed by atoms with Gasteiger partial charge in [-0.1, -0.05) is 12.1 Å². The fourth-order valence-corrected chi connectivity index (χ4v) is 3.19. The van der Waals surface area contributed by atoms with Crippen molar-refractivity contribution in [1.29, 1.82) is 0 Å². The summed E-state index contributed by atoms with van der Waals surface area (Å²) in [6, 6.07) is 12.5. The SMILES string of the molecule is [N-]=[N+]1c2cccc(c2)S(=O)(=O)c2cccc1c2. The Hall–Kier alpha value is -2.01. The van der Waals surface area contributed by atoms with Crippen LogP contribution in [0.2, 0.25) is 0 Å². The highest BCUT2D eigenvalue weighted by Crippen LogP contribution is 2.31. The van der Waals surface area contributed by atoms with E-state index in [1.807, 2.05) is 0 Å². The lowest BCUT2D eigenvalue weighted by atomic mass is 10.2. The molecule has 0 aromatic heterocycles. The molecule has 0 atom stereocenters. The maximum Gasteiger partial charge on any atom is 0.207 e. The number of hydrogen-bond acceptors (Lipinski definition) is 2. The summed E-state index contributed by atoms with van der Waals surface area (Å²) in [6.07, 6.45) is 0. The third kappa shape index (κ3) is 1.39. The summed E-state index contributed by atoms with van der Waals surface area (Å²) >= 11 is 0. The van der Waals surface area contributed by atoms with E-state index in [2.05, 4.69) is 0 Å². The van der Waals surface area contributed by atoms with Crippen molar-refractivity contribution in [1.82, 2.24) is 4.70 Å². The zero-order valence-corrected chi connectivity index (χ0v) is 9.55. The molecule has 5 heteroatoms. The number of fused-ring (bicyclic) bond motifs is 4. The van der Waals surface area contributed by atoms with E-state index in [0.29, 0.717) is 11.4 Å². The number of benzene rings is 2. The van der Waals surface area contributed by atoms with E-state index >= 15 is 0 Å². The zero-order valence-electron chi connectivity index (χ0n) is 8.74. The second-order valence-electron chi connectivity index (χ2n) is 3.81. The van der Waals surface area contributed by atoms with Crippen LogP contribution in [-0.4, -0.2) is 8.42 Å². The molecule has 4 nitrogen and oxygen atoms in total. The Morgan fingerprint density at radius 1 is 0.882 bits per heavy atom. The van der Waals surface area contributed by atoms with E-state index in [0.717, 1.165) is 4.70 Å². The van der Waals surface area contributed by atoms with E-state index in [4.69, 9.17) is 0 Å². The van der Waals surface area contributed by atoms with Crippen LogP contribution in [0.25, 0.3) is 5.53 Å². The number of sulfone groups is 1. The normalized spacial score (nSPS) is 16.1. The second kappa shape index (κ2) is 3.24. The van der Waals surface area contributed by atoms with E-state index in [1.54, 1.807) is 24.3 Å². The van der Waals surface area contributed by atoms with Gasteiger partial charge in [-0.15, -0.1) is 0 Å². The largest absolute Gasteiger partial charge is 0.493 e. The van der Waals surface area contributed by atoms with Crippen LogP contribution < -0.4 is 4.70 Å². The first kappa shape index (κ1) is 10.2. The van der Waals surface area contributed by atoms with E-state index in [9.17, 15) is 13.9 Å². The summed E-state index contributed by atoms with van der Waals surface area (Å²) in [4.78, 5) is 0.372. The molecule has 0 fully saturated rings. The highest BCUT2D eigenvalue weighted by molar-refractivity contribution is 7.91. The topological polar surface area (TPSA) is 59.5 Å². The molecule has 4 bridgehead atoms. The summed E-state index contributed by atoms with van der Waals surface area (Å²) < 4.78 is 25.4.